The van der Waals surface area contributed by atoms with Gasteiger partial charge in [0.25, 0.3) is 0 Å². The second kappa shape index (κ2) is 6.19. The van der Waals surface area contributed by atoms with Gasteiger partial charge in [-0.15, -0.1) is 11.8 Å². The zero-order chi connectivity index (χ0) is 15.8. The van der Waals surface area contributed by atoms with Crippen LogP contribution in [0.3, 0.4) is 0 Å². The smallest absolute Gasteiger partial charge is 0.243 e. The highest BCUT2D eigenvalue weighted by atomic mass is 32.2. The van der Waals surface area contributed by atoms with E-state index in [-0.39, 0.29) is 18.4 Å². The third kappa shape index (κ3) is 2.99. The molecule has 0 spiro atoms. The molecule has 0 atom stereocenters. The van der Waals surface area contributed by atoms with Crippen LogP contribution in [0.5, 0.6) is 0 Å². The van der Waals surface area contributed by atoms with Crippen molar-refractivity contribution in [3.05, 3.63) is 24.3 Å². The molecule has 4 rings (SSSR count). The number of nitrogens with zero attached hydrogens (tertiary/aromatic N) is 2. The van der Waals surface area contributed by atoms with E-state index in [4.69, 9.17) is 0 Å². The molecule has 4 nitrogen and oxygen atoms in total. The Bertz CT molecular complexity index is 623. The van der Waals surface area contributed by atoms with Crippen LogP contribution in [0.4, 0.5) is 5.69 Å². The van der Waals surface area contributed by atoms with E-state index in [0.29, 0.717) is 17.8 Å². The van der Waals surface area contributed by atoms with E-state index in [1.54, 1.807) is 16.7 Å². The Morgan fingerprint density at radius 2 is 1.83 bits per heavy atom. The topological polar surface area (TPSA) is 40.6 Å². The molecule has 0 aromatic heterocycles. The largest absolute Gasteiger partial charge is 0.335 e. The second-order valence-electron chi connectivity index (χ2n) is 6.71. The van der Waals surface area contributed by atoms with Gasteiger partial charge in [-0.1, -0.05) is 25.0 Å². The molecule has 2 saturated carbocycles. The number of rotatable bonds is 4. The van der Waals surface area contributed by atoms with Crippen LogP contribution in [0.2, 0.25) is 0 Å². The predicted octanol–water partition coefficient (Wildman–Crippen LogP) is 3.06. The van der Waals surface area contributed by atoms with E-state index in [1.165, 1.54) is 12.8 Å². The fourth-order valence-corrected chi connectivity index (χ4v) is 4.72. The van der Waals surface area contributed by atoms with Crippen LogP contribution in [0.25, 0.3) is 0 Å². The predicted molar refractivity (Wildman–Crippen MR) is 91.6 cm³/mol. The number of para-hydroxylation sites is 1. The molecule has 122 valence electrons. The highest BCUT2D eigenvalue weighted by molar-refractivity contribution is 8.00. The lowest BCUT2D eigenvalue weighted by Crippen LogP contribution is -2.48. The third-order valence-corrected chi connectivity index (χ3v) is 6.10. The van der Waals surface area contributed by atoms with Crippen molar-refractivity contribution in [3.8, 4) is 0 Å². The molecule has 2 fully saturated rings. The molecule has 0 N–H and O–H groups in total. The SMILES string of the molecule is O=C1CSc2ccccc2N1CC(=O)N(C1CCCC1)C1CC1. The fraction of sp³-hybridized carbons (Fsp3) is 0.556. The van der Waals surface area contributed by atoms with Crippen LogP contribution in [0.1, 0.15) is 38.5 Å². The van der Waals surface area contributed by atoms with Crippen molar-refractivity contribution in [1.29, 1.82) is 0 Å². The molecule has 2 amide bonds. The average molecular weight is 330 g/mol. The van der Waals surface area contributed by atoms with E-state index in [1.807, 2.05) is 24.3 Å². The summed E-state index contributed by atoms with van der Waals surface area (Å²) in [4.78, 5) is 30.2. The van der Waals surface area contributed by atoms with Crippen LogP contribution in [0, 0.1) is 0 Å². The molecule has 0 saturated heterocycles. The maximum absolute atomic E-state index is 13.0. The van der Waals surface area contributed by atoms with Gasteiger partial charge in [0.1, 0.15) is 6.54 Å². The minimum absolute atomic E-state index is 0.0456. The summed E-state index contributed by atoms with van der Waals surface area (Å²) in [6.45, 7) is 0.198. The first-order valence-corrected chi connectivity index (χ1v) is 9.56. The number of benzene rings is 1. The van der Waals surface area contributed by atoms with Crippen molar-refractivity contribution in [2.75, 3.05) is 17.2 Å². The third-order valence-electron chi connectivity index (χ3n) is 5.05. The Hall–Kier alpha value is -1.49. The highest BCUT2D eigenvalue weighted by Gasteiger charge is 2.39. The summed E-state index contributed by atoms with van der Waals surface area (Å²) in [5.74, 6) is 0.607. The van der Waals surface area contributed by atoms with Crippen LogP contribution < -0.4 is 4.90 Å². The lowest BCUT2D eigenvalue weighted by molar-refractivity contribution is -0.133. The molecule has 23 heavy (non-hydrogen) atoms. The maximum atomic E-state index is 13.0. The standard InChI is InChI=1S/C18H22N2O2S/c21-17(20(14-9-10-14)13-5-1-2-6-13)11-19-15-7-3-4-8-16(15)23-12-18(19)22/h3-4,7-8,13-14H,1-2,5-6,9-12H2. The monoisotopic (exact) mass is 330 g/mol. The van der Waals surface area contributed by atoms with Crippen LogP contribution in [0.15, 0.2) is 29.2 Å². The van der Waals surface area contributed by atoms with Gasteiger partial charge in [0.2, 0.25) is 11.8 Å². The van der Waals surface area contributed by atoms with E-state index < -0.39 is 0 Å². The van der Waals surface area contributed by atoms with Gasteiger partial charge in [-0.2, -0.15) is 0 Å². The Kier molecular flexibility index (Phi) is 4.05. The molecule has 3 aliphatic rings. The quantitative estimate of drug-likeness (QED) is 0.852. The van der Waals surface area contributed by atoms with E-state index in [0.717, 1.165) is 36.3 Å². The first-order valence-electron chi connectivity index (χ1n) is 8.57. The number of carbonyl (C=O) groups excluding carboxylic acids is 2. The van der Waals surface area contributed by atoms with Gasteiger partial charge in [0, 0.05) is 17.0 Å². The zero-order valence-corrected chi connectivity index (χ0v) is 14.1. The van der Waals surface area contributed by atoms with Crippen LogP contribution in [-0.4, -0.2) is 41.1 Å². The summed E-state index contributed by atoms with van der Waals surface area (Å²) < 4.78 is 0. The van der Waals surface area contributed by atoms with E-state index in [9.17, 15) is 9.59 Å². The summed E-state index contributed by atoms with van der Waals surface area (Å²) in [6, 6.07) is 8.72. The van der Waals surface area contributed by atoms with Crippen molar-refractivity contribution in [2.24, 2.45) is 0 Å². The molecule has 1 heterocycles. The summed E-state index contributed by atoms with van der Waals surface area (Å²) in [5.41, 5.74) is 0.893. The Balaban J connectivity index is 1.54. The molecule has 0 unspecified atom stereocenters. The average Bonchev–Trinajstić information content (AvgIpc) is 3.24. The first kappa shape index (κ1) is 15.1. The van der Waals surface area contributed by atoms with Crippen molar-refractivity contribution >= 4 is 29.3 Å². The number of carbonyl (C=O) groups is 2. The number of thioether (sulfide) groups is 1. The lowest BCUT2D eigenvalue weighted by Gasteiger charge is -2.34. The molecule has 1 aromatic rings. The molecule has 2 aliphatic carbocycles. The van der Waals surface area contributed by atoms with Gasteiger partial charge in [-0.05, 0) is 37.8 Å². The number of amides is 2. The summed E-state index contributed by atoms with van der Waals surface area (Å²) in [6.07, 6.45) is 6.96. The lowest BCUT2D eigenvalue weighted by atomic mass is 10.2. The Morgan fingerprint density at radius 3 is 2.57 bits per heavy atom. The minimum Gasteiger partial charge on any atom is -0.335 e. The number of hydrogen-bond donors (Lipinski definition) is 0. The molecule has 1 aromatic carbocycles. The van der Waals surface area contributed by atoms with Gasteiger partial charge in [0.15, 0.2) is 0 Å². The molecule has 0 radical (unpaired) electrons. The molecular formula is C18H22N2O2S. The van der Waals surface area contributed by atoms with Crippen LogP contribution >= 0.6 is 11.8 Å². The number of hydrogen-bond acceptors (Lipinski definition) is 3. The van der Waals surface area contributed by atoms with E-state index in [2.05, 4.69) is 4.90 Å². The Labute approximate surface area is 141 Å². The minimum atomic E-state index is 0.0456. The summed E-state index contributed by atoms with van der Waals surface area (Å²) in [5, 5.41) is 0. The van der Waals surface area contributed by atoms with Crippen LogP contribution in [-0.2, 0) is 9.59 Å². The molecule has 5 heteroatoms. The van der Waals surface area contributed by atoms with Gasteiger partial charge in [0.05, 0.1) is 11.4 Å². The highest BCUT2D eigenvalue weighted by Crippen LogP contribution is 2.37. The van der Waals surface area contributed by atoms with Crippen molar-refractivity contribution in [3.63, 3.8) is 0 Å². The van der Waals surface area contributed by atoms with Gasteiger partial charge >= 0.3 is 0 Å². The van der Waals surface area contributed by atoms with E-state index >= 15 is 0 Å². The first-order chi connectivity index (χ1) is 11.2. The zero-order valence-electron chi connectivity index (χ0n) is 13.2. The maximum Gasteiger partial charge on any atom is 0.243 e. The Morgan fingerprint density at radius 1 is 1.13 bits per heavy atom. The number of anilines is 1. The van der Waals surface area contributed by atoms with Crippen molar-refractivity contribution < 1.29 is 9.59 Å². The molecule has 0 bridgehead atoms. The summed E-state index contributed by atoms with van der Waals surface area (Å²) in [7, 11) is 0. The van der Waals surface area contributed by atoms with Crippen molar-refractivity contribution in [1.82, 2.24) is 4.90 Å². The van der Waals surface area contributed by atoms with Gasteiger partial charge in [-0.25, -0.2) is 0 Å². The summed E-state index contributed by atoms with van der Waals surface area (Å²) >= 11 is 1.56. The number of fused-ring (bicyclic) bond motifs is 1. The molecule has 1 aliphatic heterocycles. The van der Waals surface area contributed by atoms with Gasteiger partial charge < -0.3 is 9.80 Å². The fourth-order valence-electron chi connectivity index (χ4n) is 3.78. The molecular weight excluding hydrogens is 308 g/mol. The normalized spacial score (nSPS) is 21.4. The van der Waals surface area contributed by atoms with Gasteiger partial charge in [-0.3, -0.25) is 9.59 Å². The van der Waals surface area contributed by atoms with Crippen molar-refractivity contribution in [2.45, 2.75) is 55.5 Å². The second-order valence-corrected chi connectivity index (χ2v) is 7.72.